The summed E-state index contributed by atoms with van der Waals surface area (Å²) in [7, 11) is 1.55. The monoisotopic (exact) mass is 415 g/mol. The minimum atomic E-state index is -1.23. The number of carbonyl (C=O) groups excluding carboxylic acids is 3. The molecule has 0 radical (unpaired) electrons. The van der Waals surface area contributed by atoms with E-state index < -0.39 is 23.4 Å². The Hall–Kier alpha value is -3.06. The van der Waals surface area contributed by atoms with Gasteiger partial charge in [0, 0.05) is 11.6 Å². The molecule has 0 aliphatic carbocycles. The second-order valence-electron chi connectivity index (χ2n) is 6.90. The average Bonchev–Trinajstić information content (AvgIpc) is 2.92. The van der Waals surface area contributed by atoms with Gasteiger partial charge in [-0.3, -0.25) is 14.5 Å². The van der Waals surface area contributed by atoms with E-state index >= 15 is 0 Å². The van der Waals surface area contributed by atoms with Gasteiger partial charge >= 0.3 is 6.03 Å². The molecule has 0 saturated carbocycles. The Morgan fingerprint density at radius 1 is 1.21 bits per heavy atom. The van der Waals surface area contributed by atoms with Crippen molar-refractivity contribution < 1.29 is 19.1 Å². The molecule has 8 heteroatoms. The predicted molar refractivity (Wildman–Crippen MR) is 109 cm³/mol. The molecule has 2 aromatic rings. The molecule has 0 spiro atoms. The van der Waals surface area contributed by atoms with Crippen LogP contribution < -0.4 is 15.4 Å². The number of rotatable bonds is 7. The Morgan fingerprint density at radius 2 is 1.93 bits per heavy atom. The lowest BCUT2D eigenvalue weighted by molar-refractivity contribution is -0.134. The highest BCUT2D eigenvalue weighted by atomic mass is 35.5. The number of ether oxygens (including phenoxy) is 1. The lowest BCUT2D eigenvalue weighted by Gasteiger charge is -2.22. The van der Waals surface area contributed by atoms with Crippen LogP contribution in [0.2, 0.25) is 5.02 Å². The molecule has 1 fully saturated rings. The van der Waals surface area contributed by atoms with Crippen molar-refractivity contribution in [2.75, 3.05) is 20.2 Å². The summed E-state index contributed by atoms with van der Waals surface area (Å²) >= 11 is 5.94. The number of halogens is 1. The largest absolute Gasteiger partial charge is 0.497 e. The fraction of sp³-hybridized carbons (Fsp3) is 0.286. The van der Waals surface area contributed by atoms with Crippen LogP contribution in [0.5, 0.6) is 5.75 Å². The molecule has 0 unspecified atom stereocenters. The van der Waals surface area contributed by atoms with Gasteiger partial charge in [-0.05, 0) is 48.7 Å². The van der Waals surface area contributed by atoms with E-state index in [1.165, 1.54) is 0 Å². The summed E-state index contributed by atoms with van der Waals surface area (Å²) in [6.45, 7) is 1.65. The number of benzene rings is 2. The zero-order valence-corrected chi connectivity index (χ0v) is 17.0. The normalized spacial score (nSPS) is 18.5. The van der Waals surface area contributed by atoms with Gasteiger partial charge in [0.2, 0.25) is 5.91 Å². The van der Waals surface area contributed by atoms with Crippen molar-refractivity contribution in [1.82, 2.24) is 15.5 Å². The maximum atomic E-state index is 12.9. The molecule has 2 aromatic carbocycles. The van der Waals surface area contributed by atoms with Crippen LogP contribution in [0.3, 0.4) is 0 Å². The van der Waals surface area contributed by atoms with E-state index in [-0.39, 0.29) is 6.54 Å². The van der Waals surface area contributed by atoms with E-state index in [0.717, 1.165) is 10.5 Å². The molecule has 0 aromatic heterocycles. The SMILES string of the molecule is COc1ccc([C@]2(C)NC(=O)N(CC(=O)NCCc3cccc(Cl)c3)C2=O)cc1. The third kappa shape index (κ3) is 4.51. The molecule has 29 heavy (non-hydrogen) atoms. The number of imide groups is 1. The highest BCUT2D eigenvalue weighted by molar-refractivity contribution is 6.30. The van der Waals surface area contributed by atoms with Gasteiger partial charge in [-0.15, -0.1) is 0 Å². The lowest BCUT2D eigenvalue weighted by Crippen LogP contribution is -2.43. The number of methoxy groups -OCH3 is 1. The molecule has 0 bridgehead atoms. The van der Waals surface area contributed by atoms with Gasteiger partial charge in [-0.25, -0.2) is 4.79 Å². The second-order valence-corrected chi connectivity index (χ2v) is 7.34. The average molecular weight is 416 g/mol. The summed E-state index contributed by atoms with van der Waals surface area (Å²) in [6, 6.07) is 13.6. The van der Waals surface area contributed by atoms with Crippen LogP contribution in [0.4, 0.5) is 4.79 Å². The fourth-order valence-corrected chi connectivity index (χ4v) is 3.41. The number of urea groups is 1. The van der Waals surface area contributed by atoms with Gasteiger partial charge in [0.15, 0.2) is 0 Å². The maximum absolute atomic E-state index is 12.9. The van der Waals surface area contributed by atoms with Gasteiger partial charge in [0.05, 0.1) is 7.11 Å². The Labute approximate surface area is 174 Å². The Kier molecular flexibility index (Phi) is 6.08. The quantitative estimate of drug-likeness (QED) is 0.680. The molecule has 1 aliphatic heterocycles. The smallest absolute Gasteiger partial charge is 0.325 e. The third-order valence-electron chi connectivity index (χ3n) is 4.87. The van der Waals surface area contributed by atoms with Crippen molar-refractivity contribution >= 4 is 29.4 Å². The molecule has 2 N–H and O–H groups in total. The van der Waals surface area contributed by atoms with E-state index in [9.17, 15) is 14.4 Å². The Morgan fingerprint density at radius 3 is 2.59 bits per heavy atom. The molecule has 1 aliphatic rings. The van der Waals surface area contributed by atoms with Crippen LogP contribution >= 0.6 is 11.6 Å². The summed E-state index contributed by atoms with van der Waals surface area (Å²) in [5.74, 6) is -0.239. The first-order chi connectivity index (χ1) is 13.8. The molecule has 1 heterocycles. The van der Waals surface area contributed by atoms with E-state index in [2.05, 4.69) is 10.6 Å². The first kappa shape index (κ1) is 20.7. The molecule has 1 saturated heterocycles. The molecule has 3 rings (SSSR count). The van der Waals surface area contributed by atoms with Crippen LogP contribution in [-0.4, -0.2) is 42.9 Å². The number of hydrogen-bond donors (Lipinski definition) is 2. The zero-order valence-electron chi connectivity index (χ0n) is 16.2. The first-order valence-electron chi connectivity index (χ1n) is 9.13. The molecule has 4 amide bonds. The highest BCUT2D eigenvalue weighted by Crippen LogP contribution is 2.29. The number of nitrogens with one attached hydrogen (secondary N) is 2. The summed E-state index contributed by atoms with van der Waals surface area (Å²) in [6.07, 6.45) is 0.593. The number of hydrogen-bond acceptors (Lipinski definition) is 4. The molecular weight excluding hydrogens is 394 g/mol. The van der Waals surface area contributed by atoms with Crippen LogP contribution in [0.15, 0.2) is 48.5 Å². The minimum absolute atomic E-state index is 0.341. The second kappa shape index (κ2) is 8.53. The van der Waals surface area contributed by atoms with Crippen molar-refractivity contribution in [3.05, 3.63) is 64.7 Å². The fourth-order valence-electron chi connectivity index (χ4n) is 3.20. The highest BCUT2D eigenvalue weighted by Gasteiger charge is 2.49. The van der Waals surface area contributed by atoms with E-state index in [0.29, 0.717) is 29.3 Å². The van der Waals surface area contributed by atoms with Crippen LogP contribution in [0, 0.1) is 0 Å². The molecule has 7 nitrogen and oxygen atoms in total. The maximum Gasteiger partial charge on any atom is 0.325 e. The molecule has 1 atom stereocenters. The van der Waals surface area contributed by atoms with Gasteiger partial charge in [-0.1, -0.05) is 35.9 Å². The van der Waals surface area contributed by atoms with Crippen LogP contribution in [0.1, 0.15) is 18.1 Å². The predicted octanol–water partition coefficient (Wildman–Crippen LogP) is 2.47. The number of nitrogens with zero attached hydrogens (tertiary/aromatic N) is 1. The van der Waals surface area contributed by atoms with Crippen molar-refractivity contribution in [2.45, 2.75) is 18.9 Å². The third-order valence-corrected chi connectivity index (χ3v) is 5.10. The summed E-state index contributed by atoms with van der Waals surface area (Å²) < 4.78 is 5.12. The van der Waals surface area contributed by atoms with Gasteiger partial charge < -0.3 is 15.4 Å². The number of amides is 4. The Balaban J connectivity index is 1.59. The van der Waals surface area contributed by atoms with Crippen LogP contribution in [-0.2, 0) is 21.5 Å². The van der Waals surface area contributed by atoms with E-state index in [1.807, 2.05) is 18.2 Å². The summed E-state index contributed by atoms with van der Waals surface area (Å²) in [5.41, 5.74) is 0.366. The van der Waals surface area contributed by atoms with E-state index in [1.54, 1.807) is 44.4 Å². The first-order valence-corrected chi connectivity index (χ1v) is 9.51. The van der Waals surface area contributed by atoms with Crippen molar-refractivity contribution in [3.8, 4) is 5.75 Å². The van der Waals surface area contributed by atoms with Crippen molar-refractivity contribution in [1.29, 1.82) is 0 Å². The topological polar surface area (TPSA) is 87.7 Å². The van der Waals surface area contributed by atoms with Gasteiger partial charge in [0.25, 0.3) is 5.91 Å². The summed E-state index contributed by atoms with van der Waals surface area (Å²) in [4.78, 5) is 38.4. The molecule has 152 valence electrons. The molecular formula is C21H22ClN3O4. The van der Waals surface area contributed by atoms with Gasteiger partial charge in [-0.2, -0.15) is 0 Å². The zero-order chi connectivity index (χ0) is 21.0. The Bertz CT molecular complexity index is 932. The van der Waals surface area contributed by atoms with E-state index in [4.69, 9.17) is 16.3 Å². The van der Waals surface area contributed by atoms with Crippen molar-refractivity contribution in [3.63, 3.8) is 0 Å². The van der Waals surface area contributed by atoms with Gasteiger partial charge in [0.1, 0.15) is 17.8 Å². The standard InChI is InChI=1S/C21H22ClN3O4/c1-21(15-6-8-17(29-2)9-7-15)19(27)25(20(28)24-21)13-18(26)23-11-10-14-4-3-5-16(22)12-14/h3-9,12H,10-11,13H2,1-2H3,(H,23,26)(H,24,28)/t21-/m0/s1. The van der Waals surface area contributed by atoms with Crippen molar-refractivity contribution in [2.24, 2.45) is 0 Å². The number of carbonyl (C=O) groups is 3. The summed E-state index contributed by atoms with van der Waals surface area (Å²) in [5, 5.41) is 6.04. The lowest BCUT2D eigenvalue weighted by atomic mass is 9.92. The van der Waals surface area contributed by atoms with Crippen LogP contribution in [0.25, 0.3) is 0 Å². The minimum Gasteiger partial charge on any atom is -0.497 e.